The zero-order valence-electron chi connectivity index (χ0n) is 15.2. The molecule has 1 amide bonds. The van der Waals surface area contributed by atoms with Crippen LogP contribution in [0.1, 0.15) is 23.2 Å². The molecule has 7 nitrogen and oxygen atoms in total. The Hall–Kier alpha value is -2.93. The fourth-order valence-electron chi connectivity index (χ4n) is 3.25. The number of carbonyl (C=O) groups is 2. The molecular weight excluding hydrogens is 382 g/mol. The van der Waals surface area contributed by atoms with Crippen molar-refractivity contribution in [3.63, 3.8) is 0 Å². The highest BCUT2D eigenvalue weighted by Gasteiger charge is 2.26. The summed E-state index contributed by atoms with van der Waals surface area (Å²) >= 11 is 5.87. The third kappa shape index (κ3) is 4.67. The van der Waals surface area contributed by atoms with Crippen molar-refractivity contribution in [2.75, 3.05) is 31.1 Å². The molecule has 3 rings (SSSR count). The van der Waals surface area contributed by atoms with Crippen LogP contribution in [0.5, 0.6) is 0 Å². The number of piperazine rings is 1. The van der Waals surface area contributed by atoms with Crippen LogP contribution in [0.25, 0.3) is 0 Å². The SMILES string of the molecule is O=C(CCC(=O)N1CCN(c2ccc(Cl)cc2[N+](=O)[O-])CC1)c1ccccc1. The Labute approximate surface area is 167 Å². The molecule has 8 heteroatoms. The lowest BCUT2D eigenvalue weighted by atomic mass is 10.1. The smallest absolute Gasteiger partial charge is 0.294 e. The molecule has 0 saturated carbocycles. The molecule has 0 N–H and O–H groups in total. The molecular formula is C20H20ClN3O4. The summed E-state index contributed by atoms with van der Waals surface area (Å²) in [4.78, 5) is 39.0. The molecule has 0 aliphatic carbocycles. The van der Waals surface area contributed by atoms with Gasteiger partial charge in [0.05, 0.1) is 4.92 Å². The molecule has 2 aromatic carbocycles. The number of nitro benzene ring substituents is 1. The molecule has 0 bridgehead atoms. The molecule has 28 heavy (non-hydrogen) atoms. The zero-order chi connectivity index (χ0) is 20.1. The lowest BCUT2D eigenvalue weighted by Gasteiger charge is -2.35. The van der Waals surface area contributed by atoms with Crippen LogP contribution in [0, 0.1) is 10.1 Å². The van der Waals surface area contributed by atoms with Gasteiger partial charge in [0.25, 0.3) is 5.69 Å². The van der Waals surface area contributed by atoms with E-state index in [1.807, 2.05) is 11.0 Å². The summed E-state index contributed by atoms with van der Waals surface area (Å²) in [5, 5.41) is 11.6. The van der Waals surface area contributed by atoms with Crippen LogP contribution < -0.4 is 4.90 Å². The number of hydrogen-bond donors (Lipinski definition) is 0. The van der Waals surface area contributed by atoms with E-state index in [0.29, 0.717) is 42.5 Å². The minimum absolute atomic E-state index is 0.0410. The Kier molecular flexibility index (Phi) is 6.26. The van der Waals surface area contributed by atoms with Crippen LogP contribution in [-0.4, -0.2) is 47.7 Å². The van der Waals surface area contributed by atoms with Crippen LogP contribution in [0.4, 0.5) is 11.4 Å². The summed E-state index contributed by atoms with van der Waals surface area (Å²) in [6.07, 6.45) is 0.334. The van der Waals surface area contributed by atoms with E-state index in [4.69, 9.17) is 11.6 Å². The Bertz CT molecular complexity index is 880. The van der Waals surface area contributed by atoms with Gasteiger partial charge in [-0.3, -0.25) is 19.7 Å². The van der Waals surface area contributed by atoms with Gasteiger partial charge in [0.1, 0.15) is 5.69 Å². The second-order valence-electron chi connectivity index (χ2n) is 6.55. The Morgan fingerprint density at radius 1 is 1.00 bits per heavy atom. The van der Waals surface area contributed by atoms with E-state index in [1.165, 1.54) is 6.07 Å². The number of carbonyl (C=O) groups excluding carboxylic acids is 2. The summed E-state index contributed by atoms with van der Waals surface area (Å²) < 4.78 is 0. The van der Waals surface area contributed by atoms with Gasteiger partial charge >= 0.3 is 0 Å². The van der Waals surface area contributed by atoms with Crippen LogP contribution in [0.3, 0.4) is 0 Å². The minimum Gasteiger partial charge on any atom is -0.362 e. The first-order chi connectivity index (χ1) is 13.5. The zero-order valence-corrected chi connectivity index (χ0v) is 16.0. The van der Waals surface area contributed by atoms with Crippen molar-refractivity contribution in [3.05, 3.63) is 69.2 Å². The molecule has 1 aliphatic rings. The van der Waals surface area contributed by atoms with E-state index in [0.717, 1.165) is 0 Å². The number of ketones is 1. The van der Waals surface area contributed by atoms with Crippen molar-refractivity contribution in [3.8, 4) is 0 Å². The van der Waals surface area contributed by atoms with Crippen LogP contribution >= 0.6 is 11.6 Å². The Morgan fingerprint density at radius 3 is 2.32 bits per heavy atom. The van der Waals surface area contributed by atoms with Crippen molar-refractivity contribution in [2.45, 2.75) is 12.8 Å². The Morgan fingerprint density at radius 2 is 1.68 bits per heavy atom. The van der Waals surface area contributed by atoms with Gasteiger partial charge in [0.2, 0.25) is 5.91 Å². The number of nitrogens with zero attached hydrogens (tertiary/aromatic N) is 3. The van der Waals surface area contributed by atoms with Crippen molar-refractivity contribution < 1.29 is 14.5 Å². The molecule has 146 valence electrons. The number of nitro groups is 1. The first-order valence-electron chi connectivity index (χ1n) is 9.00. The number of benzene rings is 2. The van der Waals surface area contributed by atoms with Gasteiger partial charge < -0.3 is 9.80 Å². The summed E-state index contributed by atoms with van der Waals surface area (Å²) in [6.45, 7) is 1.89. The summed E-state index contributed by atoms with van der Waals surface area (Å²) in [5.41, 5.74) is 1.07. The molecule has 1 fully saturated rings. The minimum atomic E-state index is -0.450. The average molecular weight is 402 g/mol. The van der Waals surface area contributed by atoms with Gasteiger partial charge in [-0.25, -0.2) is 0 Å². The quantitative estimate of drug-likeness (QED) is 0.420. The molecule has 1 aliphatic heterocycles. The fraction of sp³-hybridized carbons (Fsp3) is 0.300. The summed E-state index contributed by atoms with van der Waals surface area (Å²) in [6, 6.07) is 13.5. The maximum atomic E-state index is 12.4. The van der Waals surface area contributed by atoms with Gasteiger partial charge in [0, 0.05) is 55.7 Å². The maximum Gasteiger partial charge on any atom is 0.294 e. The standard InChI is InChI=1S/C20H20ClN3O4/c21-16-6-7-17(18(14-16)24(27)28)22-10-12-23(13-11-22)20(26)9-8-19(25)15-4-2-1-3-5-15/h1-7,14H,8-13H2. The highest BCUT2D eigenvalue weighted by atomic mass is 35.5. The average Bonchev–Trinajstić information content (AvgIpc) is 2.72. The highest BCUT2D eigenvalue weighted by molar-refractivity contribution is 6.30. The second kappa shape index (κ2) is 8.84. The fourth-order valence-corrected chi connectivity index (χ4v) is 3.42. The van der Waals surface area contributed by atoms with Gasteiger partial charge in [0.15, 0.2) is 5.78 Å². The molecule has 0 unspecified atom stereocenters. The van der Waals surface area contributed by atoms with Crippen molar-refractivity contribution in [1.29, 1.82) is 0 Å². The molecule has 1 heterocycles. The van der Waals surface area contributed by atoms with Crippen LogP contribution in [-0.2, 0) is 4.79 Å². The maximum absolute atomic E-state index is 12.4. The largest absolute Gasteiger partial charge is 0.362 e. The van der Waals surface area contributed by atoms with E-state index < -0.39 is 4.92 Å². The normalized spacial score (nSPS) is 14.0. The first kappa shape index (κ1) is 19.8. The van der Waals surface area contributed by atoms with E-state index in [-0.39, 0.29) is 30.2 Å². The monoisotopic (exact) mass is 401 g/mol. The molecule has 2 aromatic rings. The molecule has 0 radical (unpaired) electrons. The first-order valence-corrected chi connectivity index (χ1v) is 9.38. The molecule has 0 aromatic heterocycles. The van der Waals surface area contributed by atoms with Crippen molar-refractivity contribution >= 4 is 34.7 Å². The van der Waals surface area contributed by atoms with Crippen LogP contribution in [0.2, 0.25) is 5.02 Å². The van der Waals surface area contributed by atoms with Gasteiger partial charge in [-0.2, -0.15) is 0 Å². The van der Waals surface area contributed by atoms with Crippen molar-refractivity contribution in [1.82, 2.24) is 4.90 Å². The lowest BCUT2D eigenvalue weighted by Crippen LogP contribution is -2.49. The second-order valence-corrected chi connectivity index (χ2v) is 6.98. The van der Waals surface area contributed by atoms with E-state index in [9.17, 15) is 19.7 Å². The number of amides is 1. The Balaban J connectivity index is 1.55. The molecule has 0 atom stereocenters. The van der Waals surface area contributed by atoms with E-state index in [1.54, 1.807) is 41.3 Å². The number of rotatable bonds is 6. The number of halogens is 1. The van der Waals surface area contributed by atoms with E-state index >= 15 is 0 Å². The summed E-state index contributed by atoms with van der Waals surface area (Å²) in [7, 11) is 0. The third-order valence-electron chi connectivity index (χ3n) is 4.77. The number of Topliss-reactive ketones (excluding diaryl/α,β-unsaturated/α-hetero) is 1. The number of hydrogen-bond acceptors (Lipinski definition) is 5. The van der Waals surface area contributed by atoms with Gasteiger partial charge in [-0.15, -0.1) is 0 Å². The lowest BCUT2D eigenvalue weighted by molar-refractivity contribution is -0.384. The molecule has 0 spiro atoms. The molecule has 1 saturated heterocycles. The predicted molar refractivity (Wildman–Crippen MR) is 107 cm³/mol. The van der Waals surface area contributed by atoms with Crippen molar-refractivity contribution in [2.24, 2.45) is 0 Å². The van der Waals surface area contributed by atoms with Gasteiger partial charge in [-0.1, -0.05) is 41.9 Å². The van der Waals surface area contributed by atoms with Crippen LogP contribution in [0.15, 0.2) is 48.5 Å². The predicted octanol–water partition coefficient (Wildman–Crippen LogP) is 3.56. The van der Waals surface area contributed by atoms with Gasteiger partial charge in [-0.05, 0) is 12.1 Å². The summed E-state index contributed by atoms with van der Waals surface area (Å²) in [5.74, 6) is -0.126. The number of anilines is 1. The third-order valence-corrected chi connectivity index (χ3v) is 5.00. The highest BCUT2D eigenvalue weighted by Crippen LogP contribution is 2.31. The van der Waals surface area contributed by atoms with E-state index in [2.05, 4.69) is 0 Å². The topological polar surface area (TPSA) is 83.8 Å².